The molecule has 0 bridgehead atoms. The van der Waals surface area contributed by atoms with Crippen molar-refractivity contribution in [1.29, 1.82) is 0 Å². The summed E-state index contributed by atoms with van der Waals surface area (Å²) < 4.78 is 5.06. The lowest BCUT2D eigenvalue weighted by molar-refractivity contribution is -0.389. The van der Waals surface area contributed by atoms with Crippen LogP contribution in [0.15, 0.2) is 18.2 Å². The summed E-state index contributed by atoms with van der Waals surface area (Å²) >= 11 is 5.75. The summed E-state index contributed by atoms with van der Waals surface area (Å²) in [4.78, 5) is 21.9. The van der Waals surface area contributed by atoms with Crippen molar-refractivity contribution in [1.82, 2.24) is 10.2 Å². The van der Waals surface area contributed by atoms with Crippen molar-refractivity contribution >= 4 is 29.0 Å². The van der Waals surface area contributed by atoms with Gasteiger partial charge in [0.05, 0.1) is 7.11 Å². The quantitative estimate of drug-likeness (QED) is 0.666. The topological polar surface area (TPSA) is 110 Å². The van der Waals surface area contributed by atoms with Crippen molar-refractivity contribution in [2.75, 3.05) is 12.4 Å². The van der Waals surface area contributed by atoms with Gasteiger partial charge in [-0.05, 0) is 35.6 Å². The Balaban J connectivity index is 2.24. The molecule has 2 aromatic rings. The fraction of sp³-hybridized carbons (Fsp3) is 0.167. The first kappa shape index (κ1) is 14.8. The van der Waals surface area contributed by atoms with E-state index in [0.717, 1.165) is 5.56 Å². The third-order valence-corrected chi connectivity index (χ3v) is 3.13. The van der Waals surface area contributed by atoms with Crippen LogP contribution in [0.25, 0.3) is 0 Å². The van der Waals surface area contributed by atoms with Gasteiger partial charge in [0.1, 0.15) is 5.75 Å². The zero-order valence-electron chi connectivity index (χ0n) is 11.1. The van der Waals surface area contributed by atoms with Gasteiger partial charge in [0.15, 0.2) is 10.7 Å². The number of nitro groups is 1. The Bertz CT molecular complexity index is 713. The van der Waals surface area contributed by atoms with Gasteiger partial charge >= 0.3 is 5.82 Å². The van der Waals surface area contributed by atoms with E-state index in [-0.39, 0.29) is 10.7 Å². The van der Waals surface area contributed by atoms with Crippen LogP contribution in [0.5, 0.6) is 5.75 Å². The highest BCUT2D eigenvalue weighted by molar-refractivity contribution is 6.35. The van der Waals surface area contributed by atoms with E-state index in [1.54, 1.807) is 25.1 Å². The molecule has 1 aromatic heterocycles. The number of benzene rings is 1. The van der Waals surface area contributed by atoms with E-state index in [9.17, 15) is 14.9 Å². The number of carbonyl (C=O) groups excluding carboxylic acids is 1. The van der Waals surface area contributed by atoms with Gasteiger partial charge < -0.3 is 20.2 Å². The molecule has 2 rings (SSSR count). The predicted molar refractivity (Wildman–Crippen MR) is 75.9 cm³/mol. The minimum absolute atomic E-state index is 0.237. The third kappa shape index (κ3) is 2.95. The predicted octanol–water partition coefficient (Wildman–Crippen LogP) is 2.54. The molecule has 0 aliphatic rings. The van der Waals surface area contributed by atoms with Crippen LogP contribution in [0.3, 0.4) is 0 Å². The number of carbonyl (C=O) groups is 1. The Labute approximate surface area is 124 Å². The van der Waals surface area contributed by atoms with E-state index in [0.29, 0.717) is 11.4 Å². The van der Waals surface area contributed by atoms with Gasteiger partial charge in [-0.3, -0.25) is 4.79 Å². The van der Waals surface area contributed by atoms with E-state index < -0.39 is 16.6 Å². The minimum Gasteiger partial charge on any atom is -0.497 e. The molecule has 9 heteroatoms. The molecular weight excluding hydrogens is 300 g/mol. The molecule has 0 fully saturated rings. The number of H-pyrrole nitrogens is 1. The van der Waals surface area contributed by atoms with Crippen molar-refractivity contribution in [2.24, 2.45) is 0 Å². The number of aromatic nitrogens is 2. The van der Waals surface area contributed by atoms with Gasteiger partial charge in [0.2, 0.25) is 0 Å². The maximum atomic E-state index is 12.0. The molecule has 1 amide bonds. The lowest BCUT2D eigenvalue weighted by Gasteiger charge is -2.08. The summed E-state index contributed by atoms with van der Waals surface area (Å²) in [5.41, 5.74) is 1.06. The molecule has 0 aliphatic carbocycles. The van der Waals surface area contributed by atoms with Crippen LogP contribution in [0.2, 0.25) is 5.02 Å². The van der Waals surface area contributed by atoms with E-state index in [1.165, 1.54) is 7.11 Å². The first-order valence-electron chi connectivity index (χ1n) is 5.78. The Morgan fingerprint density at radius 2 is 2.24 bits per heavy atom. The number of halogens is 1. The molecule has 0 aliphatic heterocycles. The number of amides is 1. The first-order chi connectivity index (χ1) is 9.93. The van der Waals surface area contributed by atoms with Crippen molar-refractivity contribution in [3.63, 3.8) is 0 Å². The molecule has 0 unspecified atom stereocenters. The van der Waals surface area contributed by atoms with Gasteiger partial charge in [0.25, 0.3) is 5.91 Å². The van der Waals surface area contributed by atoms with Crippen LogP contribution in [-0.4, -0.2) is 28.1 Å². The largest absolute Gasteiger partial charge is 0.497 e. The molecule has 110 valence electrons. The van der Waals surface area contributed by atoms with Crippen molar-refractivity contribution in [3.05, 3.63) is 44.6 Å². The maximum Gasteiger partial charge on any atom is 0.362 e. The lowest BCUT2D eigenvalue weighted by atomic mass is 10.2. The van der Waals surface area contributed by atoms with Gasteiger partial charge in [-0.1, -0.05) is 16.7 Å². The van der Waals surface area contributed by atoms with E-state index in [1.807, 2.05) is 0 Å². The molecule has 1 heterocycles. The smallest absolute Gasteiger partial charge is 0.362 e. The second-order valence-corrected chi connectivity index (χ2v) is 4.50. The van der Waals surface area contributed by atoms with Crippen LogP contribution in [-0.2, 0) is 0 Å². The van der Waals surface area contributed by atoms with Gasteiger partial charge in [0, 0.05) is 5.69 Å². The molecule has 1 aromatic carbocycles. The molecule has 0 radical (unpaired) electrons. The number of hydrogen-bond donors (Lipinski definition) is 2. The Morgan fingerprint density at radius 3 is 2.76 bits per heavy atom. The summed E-state index contributed by atoms with van der Waals surface area (Å²) in [6.07, 6.45) is 0. The second kappa shape index (κ2) is 5.80. The highest BCUT2D eigenvalue weighted by Gasteiger charge is 2.25. The highest BCUT2D eigenvalue weighted by Crippen LogP contribution is 2.26. The normalized spacial score (nSPS) is 10.2. The van der Waals surface area contributed by atoms with E-state index in [2.05, 4.69) is 15.5 Å². The molecule has 21 heavy (non-hydrogen) atoms. The standard InChI is InChI=1S/C12H11ClN4O4/c1-6-5-7(21-2)3-4-8(6)14-12(18)10-9(13)11(16-15-10)17(19)20/h3-5H,1-2H3,(H,14,18)(H,15,16). The minimum atomic E-state index is -0.745. The zero-order valence-corrected chi connectivity index (χ0v) is 11.9. The van der Waals surface area contributed by atoms with Gasteiger partial charge in [-0.15, -0.1) is 5.10 Å². The third-order valence-electron chi connectivity index (χ3n) is 2.77. The average Bonchev–Trinajstić information content (AvgIpc) is 2.83. The number of nitrogens with zero attached hydrogens (tertiary/aromatic N) is 2. The van der Waals surface area contributed by atoms with Crippen LogP contribution in [0.1, 0.15) is 16.1 Å². The zero-order chi connectivity index (χ0) is 15.6. The molecular formula is C12H11ClN4O4. The molecule has 8 nitrogen and oxygen atoms in total. The number of aryl methyl sites for hydroxylation is 1. The number of ether oxygens (including phenoxy) is 1. The number of rotatable bonds is 4. The Hall–Kier alpha value is -2.61. The summed E-state index contributed by atoms with van der Waals surface area (Å²) in [5.74, 6) is -0.509. The summed E-state index contributed by atoms with van der Waals surface area (Å²) in [7, 11) is 1.54. The van der Waals surface area contributed by atoms with Crippen molar-refractivity contribution in [3.8, 4) is 5.75 Å². The van der Waals surface area contributed by atoms with Crippen LogP contribution in [0.4, 0.5) is 11.5 Å². The monoisotopic (exact) mass is 310 g/mol. The number of anilines is 1. The molecule has 2 N–H and O–H groups in total. The summed E-state index contributed by atoms with van der Waals surface area (Å²) in [6, 6.07) is 5.07. The fourth-order valence-electron chi connectivity index (χ4n) is 1.68. The number of methoxy groups -OCH3 is 1. The number of hydrogen-bond acceptors (Lipinski definition) is 5. The molecule has 0 saturated heterocycles. The van der Waals surface area contributed by atoms with Crippen LogP contribution >= 0.6 is 11.6 Å². The molecule has 0 atom stereocenters. The van der Waals surface area contributed by atoms with Crippen LogP contribution < -0.4 is 10.1 Å². The van der Waals surface area contributed by atoms with Crippen molar-refractivity contribution < 1.29 is 14.5 Å². The van der Waals surface area contributed by atoms with E-state index in [4.69, 9.17) is 16.3 Å². The summed E-state index contributed by atoms with van der Waals surface area (Å²) in [6.45, 7) is 1.78. The fourth-order valence-corrected chi connectivity index (χ4v) is 1.91. The Kier molecular flexibility index (Phi) is 4.08. The van der Waals surface area contributed by atoms with E-state index >= 15 is 0 Å². The highest BCUT2D eigenvalue weighted by atomic mass is 35.5. The van der Waals surface area contributed by atoms with Gasteiger partial charge in [-0.2, -0.15) is 0 Å². The number of aromatic amines is 1. The maximum absolute atomic E-state index is 12.0. The van der Waals surface area contributed by atoms with Gasteiger partial charge in [-0.25, -0.2) is 0 Å². The summed E-state index contributed by atoms with van der Waals surface area (Å²) in [5, 5.41) is 18.6. The molecule has 0 saturated carbocycles. The van der Waals surface area contributed by atoms with Crippen LogP contribution in [0, 0.1) is 17.0 Å². The second-order valence-electron chi connectivity index (χ2n) is 4.13. The Morgan fingerprint density at radius 1 is 1.52 bits per heavy atom. The SMILES string of the molecule is COc1ccc(NC(=O)c2n[nH]c([N+](=O)[O-])c2Cl)c(C)c1. The van der Waals surface area contributed by atoms with Crippen molar-refractivity contribution in [2.45, 2.75) is 6.92 Å². The average molecular weight is 311 g/mol. The molecule has 0 spiro atoms. The lowest BCUT2D eigenvalue weighted by Crippen LogP contribution is -2.13. The number of nitrogens with one attached hydrogen (secondary N) is 2. The first-order valence-corrected chi connectivity index (χ1v) is 6.16.